The summed E-state index contributed by atoms with van der Waals surface area (Å²) in [7, 11) is -3.21. The first-order valence-electron chi connectivity index (χ1n) is 7.98. The molecule has 7 heteroatoms. The van der Waals surface area contributed by atoms with E-state index in [1.807, 2.05) is 0 Å². The number of piperidine rings is 2. The molecule has 3 aliphatic heterocycles. The zero-order chi connectivity index (χ0) is 14.2. The van der Waals surface area contributed by atoms with Crippen molar-refractivity contribution in [2.24, 2.45) is 11.3 Å². The van der Waals surface area contributed by atoms with E-state index in [-0.39, 0.29) is 17.8 Å². The van der Waals surface area contributed by atoms with E-state index in [2.05, 4.69) is 12.2 Å². The highest BCUT2D eigenvalue weighted by molar-refractivity contribution is 7.86. The van der Waals surface area contributed by atoms with Crippen LogP contribution in [0.5, 0.6) is 0 Å². The van der Waals surface area contributed by atoms with Crippen LogP contribution in [0, 0.1) is 11.3 Å². The minimum absolute atomic E-state index is 0. The summed E-state index contributed by atoms with van der Waals surface area (Å²) in [6.07, 6.45) is 5.29. The molecule has 3 fully saturated rings. The summed E-state index contributed by atoms with van der Waals surface area (Å²) in [4.78, 5) is 0. The van der Waals surface area contributed by atoms with Gasteiger partial charge in [0, 0.05) is 26.2 Å². The Bertz CT molecular complexity index is 443. The minimum Gasteiger partial charge on any atom is -0.317 e. The quantitative estimate of drug-likeness (QED) is 0.830. The Morgan fingerprint density at radius 1 is 1.00 bits per heavy atom. The van der Waals surface area contributed by atoms with Crippen LogP contribution in [0.25, 0.3) is 0 Å². The Morgan fingerprint density at radius 3 is 2.24 bits per heavy atom. The molecule has 1 N–H and O–H groups in total. The van der Waals surface area contributed by atoms with Gasteiger partial charge in [-0.25, -0.2) is 0 Å². The maximum atomic E-state index is 12.8. The Kier molecular flexibility index (Phi) is 5.58. The van der Waals surface area contributed by atoms with Crippen LogP contribution in [0.3, 0.4) is 0 Å². The molecule has 3 aliphatic rings. The number of nitrogens with zero attached hydrogens (tertiary/aromatic N) is 2. The molecule has 124 valence electrons. The normalized spacial score (nSPS) is 28.6. The first-order chi connectivity index (χ1) is 9.52. The van der Waals surface area contributed by atoms with Crippen molar-refractivity contribution in [3.05, 3.63) is 0 Å². The second kappa shape index (κ2) is 6.71. The molecule has 0 aromatic rings. The molecule has 3 saturated heterocycles. The van der Waals surface area contributed by atoms with Gasteiger partial charge in [-0.2, -0.15) is 17.0 Å². The molecule has 1 spiro atoms. The van der Waals surface area contributed by atoms with Crippen LogP contribution in [0.4, 0.5) is 0 Å². The van der Waals surface area contributed by atoms with E-state index in [1.165, 1.54) is 0 Å². The molecule has 3 heterocycles. The summed E-state index contributed by atoms with van der Waals surface area (Å²) in [6.45, 7) is 7.15. The average molecular weight is 338 g/mol. The predicted molar refractivity (Wildman–Crippen MR) is 86.9 cm³/mol. The van der Waals surface area contributed by atoms with E-state index >= 15 is 0 Å². The van der Waals surface area contributed by atoms with Gasteiger partial charge in [-0.05, 0) is 56.5 Å². The highest BCUT2D eigenvalue weighted by Crippen LogP contribution is 2.40. The first kappa shape index (κ1) is 17.5. The third-order valence-electron chi connectivity index (χ3n) is 5.46. The van der Waals surface area contributed by atoms with Crippen molar-refractivity contribution in [1.82, 2.24) is 13.9 Å². The summed E-state index contributed by atoms with van der Waals surface area (Å²) in [6, 6.07) is 0. The van der Waals surface area contributed by atoms with Gasteiger partial charge in [0.2, 0.25) is 0 Å². The Balaban J connectivity index is 0.00000161. The van der Waals surface area contributed by atoms with Gasteiger partial charge in [-0.3, -0.25) is 0 Å². The van der Waals surface area contributed by atoms with E-state index < -0.39 is 10.2 Å². The van der Waals surface area contributed by atoms with Gasteiger partial charge in [0.15, 0.2) is 0 Å². The molecular weight excluding hydrogens is 310 g/mol. The fraction of sp³-hybridized carbons (Fsp3) is 1.00. The fourth-order valence-corrected chi connectivity index (χ4v) is 5.59. The number of halogens is 1. The van der Waals surface area contributed by atoms with Crippen LogP contribution in [0.1, 0.15) is 39.0 Å². The van der Waals surface area contributed by atoms with Gasteiger partial charge in [-0.15, -0.1) is 12.4 Å². The van der Waals surface area contributed by atoms with E-state index in [1.54, 1.807) is 8.61 Å². The van der Waals surface area contributed by atoms with Crippen LogP contribution < -0.4 is 5.32 Å². The van der Waals surface area contributed by atoms with Crippen LogP contribution in [0.15, 0.2) is 0 Å². The van der Waals surface area contributed by atoms with Gasteiger partial charge >= 0.3 is 0 Å². The number of hydrogen-bond donors (Lipinski definition) is 1. The van der Waals surface area contributed by atoms with Crippen molar-refractivity contribution in [3.63, 3.8) is 0 Å². The molecule has 3 rings (SSSR count). The Morgan fingerprint density at radius 2 is 1.62 bits per heavy atom. The zero-order valence-electron chi connectivity index (χ0n) is 12.9. The maximum Gasteiger partial charge on any atom is 0.281 e. The molecule has 0 aromatic heterocycles. The van der Waals surface area contributed by atoms with Crippen LogP contribution >= 0.6 is 12.4 Å². The molecular formula is C14H28ClN3O2S. The molecule has 0 aromatic carbocycles. The first-order valence-corrected chi connectivity index (χ1v) is 9.38. The lowest BCUT2D eigenvalue weighted by Crippen LogP contribution is -2.47. The Labute approximate surface area is 135 Å². The van der Waals surface area contributed by atoms with Crippen molar-refractivity contribution in [1.29, 1.82) is 0 Å². The van der Waals surface area contributed by atoms with Gasteiger partial charge in [0.05, 0.1) is 0 Å². The summed E-state index contributed by atoms with van der Waals surface area (Å²) < 4.78 is 29.0. The zero-order valence-corrected chi connectivity index (χ0v) is 14.5. The van der Waals surface area contributed by atoms with Crippen molar-refractivity contribution in [3.8, 4) is 0 Å². The lowest BCUT2D eigenvalue weighted by molar-refractivity contribution is 0.212. The standard InChI is InChI=1S/C14H27N3O2S.ClH/c1-13-2-9-16(10-3-13)20(18,19)17-11-6-14(12-17)4-7-15-8-5-14;/h13,15H,2-12H2,1H3;1H. The van der Waals surface area contributed by atoms with Gasteiger partial charge in [-0.1, -0.05) is 6.92 Å². The molecule has 0 unspecified atom stereocenters. The highest BCUT2D eigenvalue weighted by atomic mass is 35.5. The molecule has 0 amide bonds. The minimum atomic E-state index is -3.21. The summed E-state index contributed by atoms with van der Waals surface area (Å²) >= 11 is 0. The van der Waals surface area contributed by atoms with Crippen LogP contribution in [-0.4, -0.2) is 56.3 Å². The number of nitrogens with one attached hydrogen (secondary N) is 1. The van der Waals surface area contributed by atoms with E-state index in [0.717, 1.165) is 51.7 Å². The smallest absolute Gasteiger partial charge is 0.281 e. The van der Waals surface area contributed by atoms with Crippen LogP contribution in [-0.2, 0) is 10.2 Å². The van der Waals surface area contributed by atoms with Gasteiger partial charge in [0.1, 0.15) is 0 Å². The molecule has 0 radical (unpaired) electrons. The largest absolute Gasteiger partial charge is 0.317 e. The summed E-state index contributed by atoms with van der Waals surface area (Å²) in [5.74, 6) is 0.663. The third kappa shape index (κ3) is 3.55. The molecule has 5 nitrogen and oxygen atoms in total. The van der Waals surface area contributed by atoms with Crippen molar-refractivity contribution in [2.45, 2.75) is 39.0 Å². The third-order valence-corrected chi connectivity index (χ3v) is 7.44. The number of rotatable bonds is 2. The van der Waals surface area contributed by atoms with Gasteiger partial charge in [0.25, 0.3) is 10.2 Å². The summed E-state index contributed by atoms with van der Waals surface area (Å²) in [5.41, 5.74) is 0.251. The van der Waals surface area contributed by atoms with E-state index in [9.17, 15) is 8.42 Å². The molecule has 21 heavy (non-hydrogen) atoms. The summed E-state index contributed by atoms with van der Waals surface area (Å²) in [5, 5.41) is 3.38. The molecule has 0 aliphatic carbocycles. The topological polar surface area (TPSA) is 52.7 Å². The lowest BCUT2D eigenvalue weighted by atomic mass is 9.78. The van der Waals surface area contributed by atoms with Crippen molar-refractivity contribution in [2.75, 3.05) is 39.3 Å². The highest BCUT2D eigenvalue weighted by Gasteiger charge is 2.44. The molecule has 0 bridgehead atoms. The fourth-order valence-electron chi connectivity index (χ4n) is 3.84. The van der Waals surface area contributed by atoms with E-state index in [0.29, 0.717) is 25.6 Å². The van der Waals surface area contributed by atoms with E-state index in [4.69, 9.17) is 0 Å². The SMILES string of the molecule is CC1CCN(S(=O)(=O)N2CCC3(CCNCC3)C2)CC1.Cl. The molecule has 0 saturated carbocycles. The second-order valence-electron chi connectivity index (χ2n) is 6.92. The molecule has 0 atom stereocenters. The van der Waals surface area contributed by atoms with Crippen molar-refractivity contribution < 1.29 is 8.42 Å². The second-order valence-corrected chi connectivity index (χ2v) is 8.85. The van der Waals surface area contributed by atoms with Crippen molar-refractivity contribution >= 4 is 22.6 Å². The predicted octanol–water partition coefficient (Wildman–Crippen LogP) is 1.46. The number of hydrogen-bond acceptors (Lipinski definition) is 3. The average Bonchev–Trinajstić information content (AvgIpc) is 2.85. The van der Waals surface area contributed by atoms with Gasteiger partial charge < -0.3 is 5.32 Å². The monoisotopic (exact) mass is 337 g/mol. The van der Waals surface area contributed by atoms with Crippen LogP contribution in [0.2, 0.25) is 0 Å². The Hall–Kier alpha value is 0.120. The lowest BCUT2D eigenvalue weighted by Gasteiger charge is -2.35. The maximum absolute atomic E-state index is 12.8.